The van der Waals surface area contributed by atoms with Gasteiger partial charge in [0.1, 0.15) is 11.6 Å². The summed E-state index contributed by atoms with van der Waals surface area (Å²) < 4.78 is 26.1. The molecular formula is C15H16F2N2S. The fourth-order valence-corrected chi connectivity index (χ4v) is 2.85. The zero-order valence-corrected chi connectivity index (χ0v) is 12.0. The van der Waals surface area contributed by atoms with Gasteiger partial charge in [-0.1, -0.05) is 6.92 Å². The molecule has 0 aliphatic heterocycles. The van der Waals surface area contributed by atoms with Crippen molar-refractivity contribution in [2.75, 3.05) is 12.3 Å². The average Bonchev–Trinajstić information content (AvgIpc) is 2.45. The molecule has 0 bridgehead atoms. The highest BCUT2D eigenvalue weighted by Gasteiger charge is 2.12. The van der Waals surface area contributed by atoms with Crippen molar-refractivity contribution >= 4 is 11.8 Å². The molecule has 0 aliphatic carbocycles. The van der Waals surface area contributed by atoms with Crippen LogP contribution in [-0.4, -0.2) is 17.3 Å². The molecule has 1 unspecified atom stereocenters. The SMILES string of the molecule is CCNC(CSc1ccc(F)cc1)c1cncc(F)c1. The topological polar surface area (TPSA) is 24.9 Å². The molecule has 2 rings (SSSR count). The lowest BCUT2D eigenvalue weighted by atomic mass is 10.1. The second kappa shape index (κ2) is 7.36. The second-order valence-corrected chi connectivity index (χ2v) is 5.41. The van der Waals surface area contributed by atoms with Gasteiger partial charge in [0.2, 0.25) is 0 Å². The van der Waals surface area contributed by atoms with E-state index in [1.54, 1.807) is 30.1 Å². The summed E-state index contributed by atoms with van der Waals surface area (Å²) in [4.78, 5) is 4.86. The molecule has 5 heteroatoms. The molecule has 0 aliphatic rings. The lowest BCUT2D eigenvalue weighted by Gasteiger charge is -2.17. The van der Waals surface area contributed by atoms with Crippen LogP contribution in [0.4, 0.5) is 8.78 Å². The van der Waals surface area contributed by atoms with Crippen molar-refractivity contribution in [2.24, 2.45) is 0 Å². The third-order valence-corrected chi connectivity index (χ3v) is 3.91. The van der Waals surface area contributed by atoms with E-state index in [1.165, 1.54) is 24.4 Å². The van der Waals surface area contributed by atoms with Crippen molar-refractivity contribution in [1.29, 1.82) is 0 Å². The van der Waals surface area contributed by atoms with Crippen molar-refractivity contribution in [3.8, 4) is 0 Å². The first-order valence-corrected chi connectivity index (χ1v) is 7.40. The van der Waals surface area contributed by atoms with Gasteiger partial charge in [0.05, 0.1) is 6.20 Å². The maximum absolute atomic E-state index is 13.2. The van der Waals surface area contributed by atoms with Gasteiger partial charge in [-0.15, -0.1) is 11.8 Å². The van der Waals surface area contributed by atoms with Crippen molar-refractivity contribution < 1.29 is 8.78 Å². The third-order valence-electron chi connectivity index (χ3n) is 2.81. The Hall–Kier alpha value is -1.46. The van der Waals surface area contributed by atoms with Crippen LogP contribution in [0.5, 0.6) is 0 Å². The lowest BCUT2D eigenvalue weighted by molar-refractivity contribution is 0.582. The largest absolute Gasteiger partial charge is 0.309 e. The molecule has 20 heavy (non-hydrogen) atoms. The molecule has 0 saturated carbocycles. The van der Waals surface area contributed by atoms with Crippen LogP contribution in [0.3, 0.4) is 0 Å². The first-order chi connectivity index (χ1) is 9.69. The number of nitrogens with one attached hydrogen (secondary N) is 1. The van der Waals surface area contributed by atoms with E-state index in [2.05, 4.69) is 10.3 Å². The minimum absolute atomic E-state index is 0.0123. The van der Waals surface area contributed by atoms with Crippen LogP contribution in [0.1, 0.15) is 18.5 Å². The zero-order chi connectivity index (χ0) is 14.4. The Morgan fingerprint density at radius 1 is 1.15 bits per heavy atom. The Morgan fingerprint density at radius 3 is 2.55 bits per heavy atom. The van der Waals surface area contributed by atoms with Gasteiger partial charge in [0.15, 0.2) is 0 Å². The summed E-state index contributed by atoms with van der Waals surface area (Å²) in [5, 5.41) is 3.31. The van der Waals surface area contributed by atoms with E-state index >= 15 is 0 Å². The molecule has 2 nitrogen and oxygen atoms in total. The Morgan fingerprint density at radius 2 is 1.90 bits per heavy atom. The van der Waals surface area contributed by atoms with E-state index < -0.39 is 0 Å². The van der Waals surface area contributed by atoms with Crippen molar-refractivity contribution in [1.82, 2.24) is 10.3 Å². The van der Waals surface area contributed by atoms with E-state index in [9.17, 15) is 8.78 Å². The smallest absolute Gasteiger partial charge is 0.141 e. The van der Waals surface area contributed by atoms with Crippen LogP contribution in [-0.2, 0) is 0 Å². The van der Waals surface area contributed by atoms with Crippen molar-refractivity contribution in [2.45, 2.75) is 17.9 Å². The van der Waals surface area contributed by atoms with Crippen LogP contribution in [0.15, 0.2) is 47.6 Å². The van der Waals surface area contributed by atoms with Gasteiger partial charge in [-0.25, -0.2) is 8.78 Å². The number of rotatable bonds is 6. The number of pyridine rings is 1. The summed E-state index contributed by atoms with van der Waals surface area (Å²) in [6.45, 7) is 2.79. The molecule has 0 saturated heterocycles. The fraction of sp³-hybridized carbons (Fsp3) is 0.267. The molecule has 0 fully saturated rings. The van der Waals surface area contributed by atoms with E-state index in [4.69, 9.17) is 0 Å². The van der Waals surface area contributed by atoms with Gasteiger partial charge >= 0.3 is 0 Å². The molecule has 2 aromatic rings. The number of nitrogens with zero attached hydrogens (tertiary/aromatic N) is 1. The fourth-order valence-electron chi connectivity index (χ4n) is 1.85. The van der Waals surface area contributed by atoms with Gasteiger partial charge in [0, 0.05) is 22.9 Å². The Bertz CT molecular complexity index is 546. The first kappa shape index (κ1) is 14.9. The number of hydrogen-bond acceptors (Lipinski definition) is 3. The van der Waals surface area contributed by atoms with Gasteiger partial charge < -0.3 is 5.32 Å². The van der Waals surface area contributed by atoms with Crippen LogP contribution < -0.4 is 5.32 Å². The second-order valence-electron chi connectivity index (χ2n) is 4.31. The van der Waals surface area contributed by atoms with Crippen LogP contribution >= 0.6 is 11.8 Å². The maximum Gasteiger partial charge on any atom is 0.141 e. The predicted molar refractivity (Wildman–Crippen MR) is 77.7 cm³/mol. The normalized spacial score (nSPS) is 12.3. The van der Waals surface area contributed by atoms with Gasteiger partial charge in [0.25, 0.3) is 0 Å². The predicted octanol–water partition coefficient (Wildman–Crippen LogP) is 3.80. The quantitative estimate of drug-likeness (QED) is 0.820. The summed E-state index contributed by atoms with van der Waals surface area (Å²) in [7, 11) is 0. The van der Waals surface area contributed by atoms with Crippen LogP contribution in [0.25, 0.3) is 0 Å². The number of halogens is 2. The molecule has 1 aromatic heterocycles. The third kappa shape index (κ3) is 4.28. The van der Waals surface area contributed by atoms with E-state index in [0.717, 1.165) is 22.8 Å². The maximum atomic E-state index is 13.2. The number of aromatic nitrogens is 1. The standard InChI is InChI=1S/C15H16F2N2S/c1-2-19-15(11-7-13(17)9-18-8-11)10-20-14-5-3-12(16)4-6-14/h3-9,15,19H,2,10H2,1H3. The molecule has 0 amide bonds. The number of hydrogen-bond donors (Lipinski definition) is 1. The average molecular weight is 294 g/mol. The zero-order valence-electron chi connectivity index (χ0n) is 11.1. The molecule has 1 atom stereocenters. The van der Waals surface area contributed by atoms with Crippen LogP contribution in [0.2, 0.25) is 0 Å². The van der Waals surface area contributed by atoms with Gasteiger partial charge in [-0.3, -0.25) is 4.98 Å². The Balaban J connectivity index is 2.04. The molecule has 1 N–H and O–H groups in total. The summed E-state index contributed by atoms with van der Waals surface area (Å²) in [6.07, 6.45) is 2.86. The highest BCUT2D eigenvalue weighted by atomic mass is 32.2. The lowest BCUT2D eigenvalue weighted by Crippen LogP contribution is -2.23. The Labute approximate surface area is 121 Å². The Kier molecular flexibility index (Phi) is 5.49. The first-order valence-electron chi connectivity index (χ1n) is 6.41. The summed E-state index contributed by atoms with van der Waals surface area (Å²) >= 11 is 1.60. The van der Waals surface area contributed by atoms with Gasteiger partial charge in [-0.2, -0.15) is 0 Å². The van der Waals surface area contributed by atoms with E-state index in [0.29, 0.717) is 0 Å². The molecule has 1 aromatic carbocycles. The highest BCUT2D eigenvalue weighted by Crippen LogP contribution is 2.25. The minimum atomic E-state index is -0.336. The van der Waals surface area contributed by atoms with E-state index in [-0.39, 0.29) is 17.7 Å². The molecular weight excluding hydrogens is 278 g/mol. The van der Waals surface area contributed by atoms with Crippen molar-refractivity contribution in [3.05, 3.63) is 59.9 Å². The highest BCUT2D eigenvalue weighted by molar-refractivity contribution is 7.99. The summed E-state index contributed by atoms with van der Waals surface area (Å²) in [5.41, 5.74) is 0.821. The molecule has 0 radical (unpaired) electrons. The molecule has 106 valence electrons. The molecule has 1 heterocycles. The van der Waals surface area contributed by atoms with Gasteiger partial charge in [-0.05, 0) is 42.4 Å². The summed E-state index contributed by atoms with van der Waals surface area (Å²) in [6, 6.07) is 7.87. The number of benzene rings is 1. The number of thioether (sulfide) groups is 1. The minimum Gasteiger partial charge on any atom is -0.309 e. The van der Waals surface area contributed by atoms with Crippen LogP contribution in [0, 0.1) is 11.6 Å². The van der Waals surface area contributed by atoms with E-state index in [1.807, 2.05) is 6.92 Å². The molecule has 0 spiro atoms. The summed E-state index contributed by atoms with van der Waals surface area (Å²) in [5.74, 6) is 0.147. The monoisotopic (exact) mass is 294 g/mol. The van der Waals surface area contributed by atoms with Crippen molar-refractivity contribution in [3.63, 3.8) is 0 Å².